The van der Waals surface area contributed by atoms with Gasteiger partial charge in [-0.1, -0.05) is 121 Å². The topological polar surface area (TPSA) is 21.3 Å². The van der Waals surface area contributed by atoms with E-state index in [1.807, 2.05) is 6.07 Å². The number of hydrogen-bond acceptors (Lipinski definition) is 2. The molecule has 0 saturated carbocycles. The molecule has 0 saturated heterocycles. The molecule has 2 unspecified atom stereocenters. The Morgan fingerprint density at radius 1 is 0.612 bits per heavy atom. The predicted molar refractivity (Wildman–Crippen MR) is 205 cm³/mol. The van der Waals surface area contributed by atoms with Gasteiger partial charge in [-0.25, -0.2) is 0 Å². The Morgan fingerprint density at radius 2 is 1.37 bits per heavy atom. The van der Waals surface area contributed by atoms with E-state index in [9.17, 15) is 0 Å². The van der Waals surface area contributed by atoms with Crippen molar-refractivity contribution >= 4 is 66.6 Å². The maximum atomic E-state index is 6.19. The van der Waals surface area contributed by atoms with Gasteiger partial charge in [-0.2, -0.15) is 0 Å². The van der Waals surface area contributed by atoms with Gasteiger partial charge in [0, 0.05) is 55.9 Å². The first-order valence-electron chi connectivity index (χ1n) is 17.2. The Labute approximate surface area is 285 Å². The number of nitrogens with zero attached hydrogens (tertiary/aromatic N) is 2. The molecular formula is C46H34N2O. The van der Waals surface area contributed by atoms with Crippen molar-refractivity contribution in [3.8, 4) is 0 Å². The van der Waals surface area contributed by atoms with Crippen LogP contribution in [0.3, 0.4) is 0 Å². The minimum atomic E-state index is 0.199. The molecule has 3 heteroatoms. The summed E-state index contributed by atoms with van der Waals surface area (Å²) in [5, 5.41) is 6.33. The second-order valence-electron chi connectivity index (χ2n) is 13.2. The highest BCUT2D eigenvalue weighted by atomic mass is 16.3. The van der Waals surface area contributed by atoms with Crippen LogP contribution >= 0.6 is 0 Å². The third-order valence-corrected chi connectivity index (χ3v) is 10.5. The van der Waals surface area contributed by atoms with Crippen LogP contribution in [0.1, 0.15) is 29.3 Å². The molecule has 234 valence electrons. The molecule has 10 rings (SSSR count). The van der Waals surface area contributed by atoms with Crippen molar-refractivity contribution in [2.75, 3.05) is 4.90 Å². The summed E-state index contributed by atoms with van der Waals surface area (Å²) in [6.07, 6.45) is 13.4. The third-order valence-electron chi connectivity index (χ3n) is 10.5. The van der Waals surface area contributed by atoms with Gasteiger partial charge in [0.25, 0.3) is 0 Å². The summed E-state index contributed by atoms with van der Waals surface area (Å²) in [5.74, 6) is 0.987. The van der Waals surface area contributed by atoms with Gasteiger partial charge in [-0.05, 0) is 71.5 Å². The summed E-state index contributed by atoms with van der Waals surface area (Å²) in [6, 6.07) is 50.8. The smallest absolute Gasteiger partial charge is 0.135 e. The van der Waals surface area contributed by atoms with Crippen molar-refractivity contribution in [3.05, 3.63) is 181 Å². The average molecular weight is 631 g/mol. The molecule has 0 spiro atoms. The quantitative estimate of drug-likeness (QED) is 0.189. The van der Waals surface area contributed by atoms with Gasteiger partial charge < -0.3 is 13.9 Å². The number of rotatable bonds is 5. The summed E-state index contributed by atoms with van der Waals surface area (Å²) in [4.78, 5) is 2.50. The molecule has 6 aromatic carbocycles. The van der Waals surface area contributed by atoms with Gasteiger partial charge in [0.05, 0.1) is 12.1 Å². The molecule has 0 radical (unpaired) electrons. The van der Waals surface area contributed by atoms with Crippen molar-refractivity contribution in [1.82, 2.24) is 4.57 Å². The van der Waals surface area contributed by atoms with E-state index in [-0.39, 0.29) is 12.1 Å². The van der Waals surface area contributed by atoms with E-state index in [1.54, 1.807) is 0 Å². The SMILES string of the molecule is C1=CC(N(c2ccccc2)c2cccc3ccccc23)CC=C1c1ccc2c(c1)c1ccccc1n2C1C=Cc2oc3ccccc3c2C1. The van der Waals surface area contributed by atoms with E-state index in [2.05, 4.69) is 173 Å². The van der Waals surface area contributed by atoms with Crippen molar-refractivity contribution < 1.29 is 4.42 Å². The van der Waals surface area contributed by atoms with E-state index in [4.69, 9.17) is 4.42 Å². The largest absolute Gasteiger partial charge is 0.456 e. The zero-order valence-electron chi connectivity index (χ0n) is 27.0. The maximum absolute atomic E-state index is 6.19. The molecule has 0 amide bonds. The molecule has 0 fully saturated rings. The normalized spacial score (nSPS) is 17.2. The van der Waals surface area contributed by atoms with Gasteiger partial charge in [0.2, 0.25) is 0 Å². The number of furan rings is 1. The molecule has 2 aromatic heterocycles. The molecule has 2 atom stereocenters. The molecule has 49 heavy (non-hydrogen) atoms. The lowest BCUT2D eigenvalue weighted by atomic mass is 9.94. The highest BCUT2D eigenvalue weighted by molar-refractivity contribution is 6.09. The molecule has 0 aliphatic heterocycles. The summed E-state index contributed by atoms with van der Waals surface area (Å²) >= 11 is 0. The molecule has 2 aliphatic carbocycles. The van der Waals surface area contributed by atoms with Crippen LogP contribution < -0.4 is 4.90 Å². The zero-order chi connectivity index (χ0) is 32.3. The fraction of sp³-hybridized carbons (Fsp3) is 0.0870. The second-order valence-corrected chi connectivity index (χ2v) is 13.2. The Bertz CT molecular complexity index is 2630. The number of benzene rings is 6. The summed E-state index contributed by atoms with van der Waals surface area (Å²) < 4.78 is 8.72. The fourth-order valence-corrected chi connectivity index (χ4v) is 8.19. The van der Waals surface area contributed by atoms with Crippen LogP contribution in [0.4, 0.5) is 11.4 Å². The number of allylic oxidation sites excluding steroid dienone is 3. The minimum absolute atomic E-state index is 0.199. The Kier molecular flexibility index (Phi) is 6.45. The number of anilines is 2. The fourth-order valence-electron chi connectivity index (χ4n) is 8.19. The van der Waals surface area contributed by atoms with E-state index >= 15 is 0 Å². The van der Waals surface area contributed by atoms with Crippen LogP contribution in [0.2, 0.25) is 0 Å². The van der Waals surface area contributed by atoms with Crippen molar-refractivity contribution in [1.29, 1.82) is 0 Å². The monoisotopic (exact) mass is 630 g/mol. The second kappa shape index (κ2) is 11.3. The molecule has 0 N–H and O–H groups in total. The van der Waals surface area contributed by atoms with Gasteiger partial charge in [0.1, 0.15) is 11.3 Å². The highest BCUT2D eigenvalue weighted by Crippen LogP contribution is 2.41. The standard InChI is InChI=1S/C46H34N2O/c1-2-13-34(14-3-1)47(42-19-10-12-32-11-4-5-15-37(32)42)35-24-21-31(22-25-35)33-23-27-44-40(29-33)38-16-6-8-18-43(38)48(44)36-26-28-46-41(30-36)39-17-7-9-20-45(39)49-46/h1-24,26-29,35-36H,25,30H2. The number of fused-ring (bicyclic) bond motifs is 7. The molecule has 8 aromatic rings. The van der Waals surface area contributed by atoms with Crippen LogP contribution in [-0.4, -0.2) is 10.6 Å². The molecular weight excluding hydrogens is 597 g/mol. The third kappa shape index (κ3) is 4.57. The van der Waals surface area contributed by atoms with E-state index in [0.29, 0.717) is 0 Å². The Balaban J connectivity index is 1.01. The molecule has 3 nitrogen and oxygen atoms in total. The van der Waals surface area contributed by atoms with Crippen molar-refractivity contribution in [2.45, 2.75) is 24.9 Å². The zero-order valence-corrected chi connectivity index (χ0v) is 27.0. The molecule has 2 heterocycles. The lowest BCUT2D eigenvalue weighted by Crippen LogP contribution is -2.30. The predicted octanol–water partition coefficient (Wildman–Crippen LogP) is 12.1. The van der Waals surface area contributed by atoms with Crippen LogP contribution in [0, 0.1) is 0 Å². The first kappa shape index (κ1) is 28.0. The lowest BCUT2D eigenvalue weighted by molar-refractivity contribution is 0.572. The van der Waals surface area contributed by atoms with E-state index in [1.165, 1.54) is 66.0 Å². The Morgan fingerprint density at radius 3 is 2.24 bits per heavy atom. The van der Waals surface area contributed by atoms with Gasteiger partial charge in [-0.15, -0.1) is 0 Å². The minimum Gasteiger partial charge on any atom is -0.456 e. The van der Waals surface area contributed by atoms with Gasteiger partial charge >= 0.3 is 0 Å². The van der Waals surface area contributed by atoms with Crippen LogP contribution in [0.15, 0.2) is 168 Å². The number of aromatic nitrogens is 1. The van der Waals surface area contributed by atoms with Crippen LogP contribution in [-0.2, 0) is 6.42 Å². The van der Waals surface area contributed by atoms with Crippen LogP contribution in [0.25, 0.3) is 55.2 Å². The number of hydrogen-bond donors (Lipinski definition) is 0. The van der Waals surface area contributed by atoms with Gasteiger partial charge in [0.15, 0.2) is 0 Å². The summed E-state index contributed by atoms with van der Waals surface area (Å²) in [6.45, 7) is 0. The van der Waals surface area contributed by atoms with E-state index < -0.39 is 0 Å². The first-order chi connectivity index (χ1) is 24.3. The highest BCUT2D eigenvalue weighted by Gasteiger charge is 2.25. The first-order valence-corrected chi connectivity index (χ1v) is 17.2. The lowest BCUT2D eigenvalue weighted by Gasteiger charge is -2.34. The number of para-hydroxylation sites is 3. The van der Waals surface area contributed by atoms with Gasteiger partial charge in [-0.3, -0.25) is 0 Å². The maximum Gasteiger partial charge on any atom is 0.135 e. The van der Waals surface area contributed by atoms with E-state index in [0.717, 1.165) is 24.2 Å². The van der Waals surface area contributed by atoms with Crippen molar-refractivity contribution in [2.24, 2.45) is 0 Å². The molecule has 2 aliphatic rings. The summed E-state index contributed by atoms with van der Waals surface area (Å²) in [5.41, 5.74) is 9.75. The van der Waals surface area contributed by atoms with Crippen molar-refractivity contribution in [3.63, 3.8) is 0 Å². The molecule has 0 bridgehead atoms. The summed E-state index contributed by atoms with van der Waals surface area (Å²) in [7, 11) is 0. The van der Waals surface area contributed by atoms with Crippen LogP contribution in [0.5, 0.6) is 0 Å². The average Bonchev–Trinajstić information content (AvgIpc) is 3.71. The Hall–Kier alpha value is -6.06.